The Bertz CT molecular complexity index is 1010. The first-order valence-electron chi connectivity index (χ1n) is 10.7. The highest BCUT2D eigenvalue weighted by atomic mass is 16.5. The van der Waals surface area contributed by atoms with Crippen LogP contribution in [0.3, 0.4) is 0 Å². The van der Waals surface area contributed by atoms with Gasteiger partial charge in [-0.25, -0.2) is 9.59 Å². The Labute approximate surface area is 191 Å². The summed E-state index contributed by atoms with van der Waals surface area (Å²) < 4.78 is 5.36. The molecule has 0 heterocycles. The van der Waals surface area contributed by atoms with Crippen molar-refractivity contribution in [3.05, 3.63) is 59.7 Å². The second-order valence-electron chi connectivity index (χ2n) is 7.65. The highest BCUT2D eigenvalue weighted by Gasteiger charge is 2.29. The summed E-state index contributed by atoms with van der Waals surface area (Å²) in [7, 11) is 0. The number of fused-ring (bicyclic) bond motifs is 3. The van der Waals surface area contributed by atoms with E-state index < -0.39 is 29.9 Å². The van der Waals surface area contributed by atoms with Crippen molar-refractivity contribution in [1.82, 2.24) is 15.5 Å². The molecule has 3 N–H and O–H groups in total. The van der Waals surface area contributed by atoms with Crippen LogP contribution in [0.2, 0.25) is 0 Å². The maximum Gasteiger partial charge on any atom is 0.407 e. The second kappa shape index (κ2) is 10.6. The number of hydrogen-bond donors (Lipinski definition) is 3. The summed E-state index contributed by atoms with van der Waals surface area (Å²) in [5.74, 6) is -2.34. The summed E-state index contributed by atoms with van der Waals surface area (Å²) >= 11 is 0. The number of carbonyl (C=O) groups excluding carboxylic acids is 3. The molecule has 3 rings (SSSR count). The van der Waals surface area contributed by atoms with Crippen LogP contribution in [0, 0.1) is 0 Å². The van der Waals surface area contributed by atoms with Gasteiger partial charge >= 0.3 is 12.1 Å². The van der Waals surface area contributed by atoms with Crippen molar-refractivity contribution in [2.75, 3.05) is 26.2 Å². The van der Waals surface area contributed by atoms with Crippen molar-refractivity contribution in [1.29, 1.82) is 0 Å². The Hall–Kier alpha value is -3.88. The third-order valence-corrected chi connectivity index (χ3v) is 5.66. The molecule has 0 aromatic heterocycles. The zero-order valence-electron chi connectivity index (χ0n) is 18.5. The molecular formula is C24H27N3O6. The third-order valence-electron chi connectivity index (χ3n) is 5.66. The number of carboxylic acids is 1. The minimum Gasteiger partial charge on any atom is -0.480 e. The standard InChI is InChI=1S/C24H27N3O6/c1-3-27(15(2)23(30)31)22(29)13-25-21(28)12-26-24(32)33-14-20-18-10-6-4-8-16(18)17-9-5-7-11-19(17)20/h4-11,15,20H,3,12-14H2,1-2H3,(H,25,28)(H,26,32)(H,30,31). The lowest BCUT2D eigenvalue weighted by molar-refractivity contribution is -0.149. The summed E-state index contributed by atoms with van der Waals surface area (Å²) in [4.78, 5) is 48.5. The van der Waals surface area contributed by atoms with Crippen LogP contribution in [0.1, 0.15) is 30.9 Å². The van der Waals surface area contributed by atoms with Crippen LogP contribution in [0.4, 0.5) is 4.79 Å². The fourth-order valence-corrected chi connectivity index (χ4v) is 3.94. The molecule has 1 aliphatic rings. The molecule has 9 heteroatoms. The molecule has 9 nitrogen and oxygen atoms in total. The van der Waals surface area contributed by atoms with Gasteiger partial charge in [0.25, 0.3) is 0 Å². The number of ether oxygens (including phenoxy) is 1. The summed E-state index contributed by atoms with van der Waals surface area (Å²) in [5, 5.41) is 13.8. The van der Waals surface area contributed by atoms with Crippen molar-refractivity contribution in [2.24, 2.45) is 0 Å². The smallest absolute Gasteiger partial charge is 0.407 e. The molecule has 33 heavy (non-hydrogen) atoms. The van der Waals surface area contributed by atoms with Gasteiger partial charge in [-0.1, -0.05) is 48.5 Å². The van der Waals surface area contributed by atoms with E-state index in [1.165, 1.54) is 6.92 Å². The van der Waals surface area contributed by atoms with E-state index >= 15 is 0 Å². The van der Waals surface area contributed by atoms with Gasteiger partial charge in [-0.3, -0.25) is 9.59 Å². The van der Waals surface area contributed by atoms with Crippen LogP contribution in [0.25, 0.3) is 11.1 Å². The Morgan fingerprint density at radius 1 is 0.970 bits per heavy atom. The van der Waals surface area contributed by atoms with Crippen molar-refractivity contribution >= 4 is 23.9 Å². The first-order chi connectivity index (χ1) is 15.8. The average molecular weight is 453 g/mol. The van der Waals surface area contributed by atoms with E-state index in [0.29, 0.717) is 0 Å². The first-order valence-corrected chi connectivity index (χ1v) is 10.7. The predicted octanol–water partition coefficient (Wildman–Crippen LogP) is 1.96. The SMILES string of the molecule is CCN(C(=O)CNC(=O)CNC(=O)OCC1c2ccccc2-c2ccccc21)C(C)C(=O)O. The number of amides is 3. The fraction of sp³-hybridized carbons (Fsp3) is 0.333. The monoisotopic (exact) mass is 453 g/mol. The van der Waals surface area contributed by atoms with Gasteiger partial charge in [0, 0.05) is 12.5 Å². The van der Waals surface area contributed by atoms with Gasteiger partial charge in [0.1, 0.15) is 19.2 Å². The highest BCUT2D eigenvalue weighted by Crippen LogP contribution is 2.44. The van der Waals surface area contributed by atoms with Gasteiger partial charge in [-0.2, -0.15) is 0 Å². The number of rotatable bonds is 9. The molecule has 1 atom stereocenters. The largest absolute Gasteiger partial charge is 0.480 e. The van der Waals surface area contributed by atoms with E-state index in [9.17, 15) is 19.2 Å². The fourth-order valence-electron chi connectivity index (χ4n) is 3.94. The number of aliphatic carboxylic acids is 1. The minimum absolute atomic E-state index is 0.0918. The lowest BCUT2D eigenvalue weighted by Crippen LogP contribution is -2.48. The average Bonchev–Trinajstić information content (AvgIpc) is 3.14. The Kier molecular flexibility index (Phi) is 7.66. The van der Waals surface area contributed by atoms with E-state index in [1.807, 2.05) is 48.5 Å². The number of alkyl carbamates (subject to hydrolysis) is 1. The molecule has 0 radical (unpaired) electrons. The first kappa shape index (κ1) is 23.8. The molecule has 0 saturated carbocycles. The van der Waals surface area contributed by atoms with Gasteiger partial charge < -0.3 is 25.4 Å². The molecule has 1 aliphatic carbocycles. The van der Waals surface area contributed by atoms with E-state index in [4.69, 9.17) is 9.84 Å². The van der Waals surface area contributed by atoms with Crippen LogP contribution < -0.4 is 10.6 Å². The predicted molar refractivity (Wildman–Crippen MR) is 121 cm³/mol. The van der Waals surface area contributed by atoms with Crippen LogP contribution in [0.5, 0.6) is 0 Å². The van der Waals surface area contributed by atoms with Gasteiger partial charge in [-0.15, -0.1) is 0 Å². The number of carbonyl (C=O) groups is 4. The van der Waals surface area contributed by atoms with Crippen molar-refractivity contribution in [3.63, 3.8) is 0 Å². The summed E-state index contributed by atoms with van der Waals surface area (Å²) in [6, 6.07) is 14.9. The summed E-state index contributed by atoms with van der Waals surface area (Å²) in [6.45, 7) is 2.63. The Morgan fingerprint density at radius 2 is 1.55 bits per heavy atom. The molecule has 2 aromatic rings. The van der Waals surface area contributed by atoms with Crippen LogP contribution in [0.15, 0.2) is 48.5 Å². The molecular weight excluding hydrogens is 426 g/mol. The third kappa shape index (κ3) is 5.49. The van der Waals surface area contributed by atoms with Crippen molar-refractivity contribution < 1.29 is 29.0 Å². The number of likely N-dealkylation sites (N-methyl/N-ethyl adjacent to an activating group) is 1. The molecule has 174 valence electrons. The quantitative estimate of drug-likeness (QED) is 0.533. The number of hydrogen-bond acceptors (Lipinski definition) is 5. The van der Waals surface area contributed by atoms with Crippen LogP contribution in [-0.2, 0) is 19.1 Å². The molecule has 1 unspecified atom stereocenters. The minimum atomic E-state index is -1.13. The van der Waals surface area contributed by atoms with Gasteiger partial charge in [0.2, 0.25) is 11.8 Å². The Balaban J connectivity index is 1.46. The number of benzene rings is 2. The topological polar surface area (TPSA) is 125 Å². The molecule has 0 fully saturated rings. The normalized spacial score (nSPS) is 12.8. The maximum atomic E-state index is 12.1. The van der Waals surface area contributed by atoms with Gasteiger partial charge in [0.15, 0.2) is 0 Å². The number of nitrogens with one attached hydrogen (secondary N) is 2. The van der Waals surface area contributed by atoms with E-state index in [2.05, 4.69) is 10.6 Å². The maximum absolute atomic E-state index is 12.1. The zero-order chi connectivity index (χ0) is 24.0. The highest BCUT2D eigenvalue weighted by molar-refractivity contribution is 5.89. The summed E-state index contributed by atoms with van der Waals surface area (Å²) in [5.41, 5.74) is 4.40. The number of carboxylic acid groups (broad SMARTS) is 1. The van der Waals surface area contributed by atoms with Crippen LogP contribution in [-0.4, -0.2) is 66.2 Å². The van der Waals surface area contributed by atoms with E-state index in [1.54, 1.807) is 6.92 Å². The van der Waals surface area contributed by atoms with Crippen molar-refractivity contribution in [2.45, 2.75) is 25.8 Å². The molecule has 3 amide bonds. The summed E-state index contributed by atoms with van der Waals surface area (Å²) in [6.07, 6.45) is -0.743. The van der Waals surface area contributed by atoms with Crippen molar-refractivity contribution in [3.8, 4) is 11.1 Å². The zero-order valence-corrected chi connectivity index (χ0v) is 18.5. The van der Waals surface area contributed by atoms with Gasteiger partial charge in [-0.05, 0) is 36.1 Å². The molecule has 0 spiro atoms. The number of nitrogens with zero attached hydrogens (tertiary/aromatic N) is 1. The Morgan fingerprint density at radius 3 is 2.09 bits per heavy atom. The van der Waals surface area contributed by atoms with Crippen LogP contribution >= 0.6 is 0 Å². The molecule has 0 aliphatic heterocycles. The van der Waals surface area contributed by atoms with E-state index in [0.717, 1.165) is 27.2 Å². The lowest BCUT2D eigenvalue weighted by Gasteiger charge is -2.25. The second-order valence-corrected chi connectivity index (χ2v) is 7.65. The molecule has 0 saturated heterocycles. The van der Waals surface area contributed by atoms with E-state index in [-0.39, 0.29) is 32.2 Å². The lowest BCUT2D eigenvalue weighted by atomic mass is 9.98. The molecule has 0 bridgehead atoms. The van der Waals surface area contributed by atoms with Gasteiger partial charge in [0.05, 0.1) is 6.54 Å². The molecule has 2 aromatic carbocycles.